The van der Waals surface area contributed by atoms with Crippen molar-refractivity contribution in [1.82, 2.24) is 24.0 Å². The Kier molecular flexibility index (Phi) is 6.65. The molecule has 1 aromatic carbocycles. The molecule has 0 spiro atoms. The van der Waals surface area contributed by atoms with Crippen molar-refractivity contribution in [3.05, 3.63) is 81.7 Å². The average molecular weight is 633 g/mol. The van der Waals surface area contributed by atoms with Gasteiger partial charge in [-0.25, -0.2) is 4.52 Å². The minimum atomic E-state index is 0.0647. The van der Waals surface area contributed by atoms with Gasteiger partial charge in [0.15, 0.2) is 0 Å². The van der Waals surface area contributed by atoms with E-state index in [-0.39, 0.29) is 23.9 Å². The van der Waals surface area contributed by atoms with Crippen molar-refractivity contribution in [1.29, 1.82) is 0 Å². The minimum Gasteiger partial charge on any atom is -0.339 e. The summed E-state index contributed by atoms with van der Waals surface area (Å²) in [6.45, 7) is 5.47. The molecule has 2 saturated heterocycles. The Morgan fingerprint density at radius 3 is 2.54 bits per heavy atom. The molecule has 2 N–H and O–H groups in total. The van der Waals surface area contributed by atoms with Crippen LogP contribution in [0.1, 0.15) is 75.6 Å². The number of aromatic nitrogens is 3. The predicted octanol–water partition coefficient (Wildman–Crippen LogP) is 6.32. The number of pyridine rings is 1. The van der Waals surface area contributed by atoms with Crippen LogP contribution < -0.4 is 5.73 Å². The van der Waals surface area contributed by atoms with Crippen molar-refractivity contribution in [2.24, 2.45) is 17.6 Å². The van der Waals surface area contributed by atoms with E-state index in [2.05, 4.69) is 41.8 Å². The Bertz CT molecular complexity index is 1980. The zero-order chi connectivity index (χ0) is 31.1. The van der Waals surface area contributed by atoms with Crippen LogP contribution in [0, 0.1) is 18.8 Å². The second kappa shape index (κ2) is 10.8. The van der Waals surface area contributed by atoms with Gasteiger partial charge in [0.2, 0.25) is 0 Å². The number of likely N-dealkylation sites (tertiary alicyclic amines) is 2. The number of amides is 2. The number of benzene rings is 1. The standard InChI is InChI=1S/C37H40N6O2S/c1-22-29-11-10-27(36(44)42-20-26-9-12-30(42)33(26)38)21-43(29)39-34(22)31-18-25-4-2-5-28(35(25)41(31)19-23-7-8-23)24-13-15-40(16-14-24)37(45)32-6-3-17-46-32/h2-6,10-11,17-18,21,23-24,26,30,33H,7-9,12-16,19-20,38H2,1H3/t26?,30?,33-/m1/s1. The van der Waals surface area contributed by atoms with E-state index in [1.807, 2.05) is 44.1 Å². The Morgan fingerprint density at radius 1 is 0.978 bits per heavy atom. The summed E-state index contributed by atoms with van der Waals surface area (Å²) in [5.41, 5.74) is 14.1. The summed E-state index contributed by atoms with van der Waals surface area (Å²) in [5.74, 6) is 1.75. The molecule has 46 heavy (non-hydrogen) atoms. The number of carbonyl (C=O) groups excluding carboxylic acids is 2. The smallest absolute Gasteiger partial charge is 0.263 e. The molecule has 2 amide bonds. The van der Waals surface area contributed by atoms with E-state index in [1.165, 1.54) is 40.6 Å². The van der Waals surface area contributed by atoms with E-state index in [0.29, 0.717) is 23.3 Å². The van der Waals surface area contributed by atoms with E-state index in [4.69, 9.17) is 10.8 Å². The van der Waals surface area contributed by atoms with Gasteiger partial charge in [0, 0.05) is 55.4 Å². The first-order valence-corrected chi connectivity index (χ1v) is 17.8. The van der Waals surface area contributed by atoms with Crippen LogP contribution in [-0.4, -0.2) is 67.5 Å². The van der Waals surface area contributed by atoms with Gasteiger partial charge >= 0.3 is 0 Å². The number of para-hydroxylation sites is 1. The first-order chi connectivity index (χ1) is 22.4. The SMILES string of the molecule is Cc1c(-c2cc3cccc(C4CCN(C(=O)c5cccs5)CC4)c3n2CC2CC2)nn2cc(C(=O)N3CC4CCC3[C@@H]4N)ccc12. The van der Waals surface area contributed by atoms with Crippen LogP contribution in [0.5, 0.6) is 0 Å². The highest BCUT2D eigenvalue weighted by molar-refractivity contribution is 7.12. The van der Waals surface area contributed by atoms with Crippen LogP contribution in [0.15, 0.2) is 60.1 Å². The van der Waals surface area contributed by atoms with Crippen LogP contribution in [-0.2, 0) is 6.54 Å². The fraction of sp³-hybridized carbons (Fsp3) is 0.432. The van der Waals surface area contributed by atoms with Crippen molar-refractivity contribution in [2.75, 3.05) is 19.6 Å². The highest BCUT2D eigenvalue weighted by Crippen LogP contribution is 2.42. The lowest BCUT2D eigenvalue weighted by Crippen LogP contribution is -2.41. The Balaban J connectivity index is 1.06. The van der Waals surface area contributed by atoms with Gasteiger partial charge in [-0.05, 0) is 98.4 Å². The molecule has 2 aliphatic carbocycles. The number of piperidine rings is 2. The summed E-state index contributed by atoms with van der Waals surface area (Å²) in [6.07, 6.45) is 8.51. The maximum atomic E-state index is 13.6. The predicted molar refractivity (Wildman–Crippen MR) is 181 cm³/mol. The van der Waals surface area contributed by atoms with Crippen LogP contribution in [0.25, 0.3) is 27.8 Å². The lowest BCUT2D eigenvalue weighted by atomic mass is 9.88. The van der Waals surface area contributed by atoms with E-state index in [1.54, 1.807) is 0 Å². The van der Waals surface area contributed by atoms with Crippen LogP contribution >= 0.6 is 11.3 Å². The zero-order valence-electron chi connectivity index (χ0n) is 26.3. The van der Waals surface area contributed by atoms with Gasteiger partial charge in [-0.15, -0.1) is 11.3 Å². The highest BCUT2D eigenvalue weighted by Gasteiger charge is 2.47. The molecular formula is C37H40N6O2S. The van der Waals surface area contributed by atoms with Gasteiger partial charge in [-0.2, -0.15) is 5.10 Å². The Labute approximate surface area is 272 Å². The fourth-order valence-corrected chi connectivity index (χ4v) is 9.26. The van der Waals surface area contributed by atoms with Crippen LogP contribution in [0.3, 0.4) is 0 Å². The second-order valence-electron chi connectivity index (χ2n) is 14.1. The molecule has 9 rings (SSSR count). The molecule has 2 saturated carbocycles. The molecule has 2 bridgehead atoms. The quantitative estimate of drug-likeness (QED) is 0.237. The van der Waals surface area contributed by atoms with Crippen molar-refractivity contribution in [2.45, 2.75) is 70.0 Å². The number of fused-ring (bicyclic) bond motifs is 4. The number of carbonyl (C=O) groups is 2. The third-order valence-electron chi connectivity index (χ3n) is 11.3. The zero-order valence-corrected chi connectivity index (χ0v) is 27.1. The molecule has 0 radical (unpaired) electrons. The van der Waals surface area contributed by atoms with E-state index >= 15 is 0 Å². The first kappa shape index (κ1) is 28.3. The van der Waals surface area contributed by atoms with Gasteiger partial charge in [0.05, 0.1) is 27.2 Å². The minimum absolute atomic E-state index is 0.0647. The number of thiophene rings is 1. The van der Waals surface area contributed by atoms with Crippen molar-refractivity contribution in [3.63, 3.8) is 0 Å². The van der Waals surface area contributed by atoms with Crippen molar-refractivity contribution < 1.29 is 9.59 Å². The highest BCUT2D eigenvalue weighted by atomic mass is 32.1. The summed E-state index contributed by atoms with van der Waals surface area (Å²) in [4.78, 5) is 31.5. The van der Waals surface area contributed by atoms with Gasteiger partial charge in [0.1, 0.15) is 5.69 Å². The van der Waals surface area contributed by atoms with E-state index in [9.17, 15) is 9.59 Å². The third kappa shape index (κ3) is 4.53. The molecule has 2 unspecified atom stereocenters. The summed E-state index contributed by atoms with van der Waals surface area (Å²) >= 11 is 1.53. The largest absolute Gasteiger partial charge is 0.339 e. The Morgan fingerprint density at radius 2 is 1.83 bits per heavy atom. The second-order valence-corrected chi connectivity index (χ2v) is 15.0. The number of hydrogen-bond donors (Lipinski definition) is 1. The molecule has 4 aliphatic rings. The Hall–Kier alpha value is -3.95. The normalized spacial score (nSPS) is 23.3. The van der Waals surface area contributed by atoms with E-state index < -0.39 is 0 Å². The average Bonchev–Trinajstić information content (AvgIpc) is 3.45. The number of aryl methyl sites for hydroxylation is 1. The number of nitrogens with two attached hydrogens (primary N) is 1. The number of hydrogen-bond acceptors (Lipinski definition) is 5. The number of rotatable bonds is 6. The molecule has 4 aromatic heterocycles. The maximum Gasteiger partial charge on any atom is 0.263 e. The van der Waals surface area contributed by atoms with Crippen LogP contribution in [0.2, 0.25) is 0 Å². The van der Waals surface area contributed by atoms with Crippen molar-refractivity contribution >= 4 is 39.6 Å². The molecule has 2 aliphatic heterocycles. The maximum absolute atomic E-state index is 13.6. The molecular weight excluding hydrogens is 593 g/mol. The lowest BCUT2D eigenvalue weighted by molar-refractivity contribution is 0.0697. The molecule has 9 heteroatoms. The summed E-state index contributed by atoms with van der Waals surface area (Å²) < 4.78 is 4.45. The van der Waals surface area contributed by atoms with Crippen LogP contribution in [0.4, 0.5) is 0 Å². The molecule has 236 valence electrons. The molecule has 6 heterocycles. The first-order valence-electron chi connectivity index (χ1n) is 17.0. The molecule has 4 fully saturated rings. The number of nitrogens with zero attached hydrogens (tertiary/aromatic N) is 5. The summed E-state index contributed by atoms with van der Waals surface area (Å²) in [7, 11) is 0. The lowest BCUT2D eigenvalue weighted by Gasteiger charge is -2.32. The monoisotopic (exact) mass is 632 g/mol. The third-order valence-corrected chi connectivity index (χ3v) is 12.2. The van der Waals surface area contributed by atoms with Gasteiger partial charge in [-0.3, -0.25) is 9.59 Å². The van der Waals surface area contributed by atoms with Gasteiger partial charge in [0.25, 0.3) is 11.8 Å². The molecule has 5 aromatic rings. The molecule has 3 atom stereocenters. The van der Waals surface area contributed by atoms with Gasteiger partial charge < -0.3 is 20.1 Å². The molecule has 8 nitrogen and oxygen atoms in total. The fourth-order valence-electron chi connectivity index (χ4n) is 8.57. The van der Waals surface area contributed by atoms with Gasteiger partial charge in [-0.1, -0.05) is 24.3 Å². The van der Waals surface area contributed by atoms with Crippen molar-refractivity contribution in [3.8, 4) is 11.4 Å². The van der Waals surface area contributed by atoms with E-state index in [0.717, 1.165) is 79.2 Å². The summed E-state index contributed by atoms with van der Waals surface area (Å²) in [5, 5.41) is 8.38. The summed E-state index contributed by atoms with van der Waals surface area (Å²) in [6, 6.07) is 17.2. The topological polar surface area (TPSA) is 88.9 Å².